The first-order chi connectivity index (χ1) is 26.7. The summed E-state index contributed by atoms with van der Waals surface area (Å²) in [5.41, 5.74) is 13.3. The van der Waals surface area contributed by atoms with E-state index in [-0.39, 0.29) is 0 Å². The maximum absolute atomic E-state index is 5.38. The second-order valence-electron chi connectivity index (χ2n) is 13.7. The molecule has 0 unspecified atom stereocenters. The molecular formula is C49H29N5. The molecule has 0 saturated carbocycles. The third kappa shape index (κ3) is 4.98. The van der Waals surface area contributed by atoms with Gasteiger partial charge in [-0.15, -0.1) is 0 Å². The summed E-state index contributed by atoms with van der Waals surface area (Å²) in [7, 11) is 0. The Balaban J connectivity index is 1.04. The number of pyridine rings is 5. The van der Waals surface area contributed by atoms with Gasteiger partial charge >= 0.3 is 0 Å². The van der Waals surface area contributed by atoms with Crippen LogP contribution in [0, 0.1) is 0 Å². The number of aromatic nitrogens is 5. The van der Waals surface area contributed by atoms with Crippen LogP contribution in [0.15, 0.2) is 176 Å². The van der Waals surface area contributed by atoms with Crippen molar-refractivity contribution in [2.75, 3.05) is 0 Å². The van der Waals surface area contributed by atoms with Crippen molar-refractivity contribution in [2.24, 2.45) is 0 Å². The molecule has 0 spiro atoms. The summed E-state index contributed by atoms with van der Waals surface area (Å²) in [6, 6.07) is 60.8. The van der Waals surface area contributed by atoms with E-state index in [2.05, 4.69) is 133 Å². The molecule has 11 aromatic rings. The lowest BCUT2D eigenvalue weighted by atomic mass is 9.99. The normalized spacial score (nSPS) is 11.7. The molecule has 0 atom stereocenters. The van der Waals surface area contributed by atoms with E-state index >= 15 is 0 Å². The minimum Gasteiger partial charge on any atom is -0.247 e. The topological polar surface area (TPSA) is 64.5 Å². The summed E-state index contributed by atoms with van der Waals surface area (Å²) in [5, 5.41) is 6.24. The van der Waals surface area contributed by atoms with Crippen molar-refractivity contribution in [2.45, 2.75) is 0 Å². The van der Waals surface area contributed by atoms with Gasteiger partial charge in [0.2, 0.25) is 0 Å². The van der Waals surface area contributed by atoms with E-state index in [1.807, 2.05) is 42.5 Å². The van der Waals surface area contributed by atoms with Crippen LogP contribution in [0.4, 0.5) is 0 Å². The van der Waals surface area contributed by atoms with Gasteiger partial charge in [-0.25, -0.2) is 24.9 Å². The first-order valence-electron chi connectivity index (χ1n) is 18.1. The van der Waals surface area contributed by atoms with Gasteiger partial charge < -0.3 is 0 Å². The van der Waals surface area contributed by atoms with Gasteiger partial charge in [-0.05, 0) is 30.3 Å². The highest BCUT2D eigenvalue weighted by atomic mass is 14.8. The molecule has 5 aromatic heterocycles. The standard InChI is InChI=1S/C49H29N5/c1-3-9-30(10-4-1)40-26-23-34-19-20-35-25-28-42(52-46(35)45(34)50-40)32-15-17-33(18-16-32)44-39-29-37-22-21-36-24-27-41(31-11-5-2-6-12-31)51-47(36)48(37)54-49(39)38-13-7-8-14-43(38)53-44/h1-29H. The van der Waals surface area contributed by atoms with E-state index in [0.717, 1.165) is 110 Å². The zero-order valence-electron chi connectivity index (χ0n) is 29.0. The van der Waals surface area contributed by atoms with Crippen LogP contribution >= 0.6 is 0 Å². The van der Waals surface area contributed by atoms with Crippen LogP contribution in [-0.4, -0.2) is 24.9 Å². The minimum absolute atomic E-state index is 0.885. The van der Waals surface area contributed by atoms with Crippen LogP contribution in [0.5, 0.6) is 0 Å². The van der Waals surface area contributed by atoms with Gasteiger partial charge in [0.05, 0.1) is 55.9 Å². The molecule has 6 aromatic carbocycles. The fourth-order valence-electron chi connectivity index (χ4n) is 7.64. The molecule has 0 N–H and O–H groups in total. The molecule has 0 fully saturated rings. The van der Waals surface area contributed by atoms with Crippen LogP contribution in [0.1, 0.15) is 0 Å². The maximum Gasteiger partial charge on any atom is 0.0972 e. The van der Waals surface area contributed by atoms with Gasteiger partial charge in [0, 0.05) is 54.6 Å². The number of benzene rings is 6. The molecule has 0 aliphatic carbocycles. The molecule has 11 rings (SSSR count). The third-order valence-corrected chi connectivity index (χ3v) is 10.4. The Morgan fingerprint density at radius 3 is 1.24 bits per heavy atom. The molecule has 250 valence electrons. The van der Waals surface area contributed by atoms with Gasteiger partial charge in [-0.1, -0.05) is 146 Å². The Hall–Kier alpha value is -7.37. The van der Waals surface area contributed by atoms with Gasteiger partial charge in [-0.2, -0.15) is 0 Å². The number of hydrogen-bond donors (Lipinski definition) is 0. The second-order valence-corrected chi connectivity index (χ2v) is 13.7. The molecule has 0 amide bonds. The zero-order valence-corrected chi connectivity index (χ0v) is 29.0. The lowest BCUT2D eigenvalue weighted by molar-refractivity contribution is 1.36. The van der Waals surface area contributed by atoms with E-state index in [1.54, 1.807) is 0 Å². The summed E-state index contributed by atoms with van der Waals surface area (Å²) in [6.07, 6.45) is 0. The van der Waals surface area contributed by atoms with Crippen LogP contribution in [0.2, 0.25) is 0 Å². The third-order valence-electron chi connectivity index (χ3n) is 10.4. The average molecular weight is 688 g/mol. The minimum atomic E-state index is 0.885. The van der Waals surface area contributed by atoms with Crippen molar-refractivity contribution in [1.82, 2.24) is 24.9 Å². The molecule has 0 aliphatic heterocycles. The van der Waals surface area contributed by atoms with Crippen molar-refractivity contribution >= 4 is 65.4 Å². The maximum atomic E-state index is 5.38. The fourth-order valence-corrected chi connectivity index (χ4v) is 7.64. The number of hydrogen-bond acceptors (Lipinski definition) is 5. The summed E-state index contributed by atoms with van der Waals surface area (Å²) in [6.45, 7) is 0. The summed E-state index contributed by atoms with van der Waals surface area (Å²) < 4.78 is 0. The van der Waals surface area contributed by atoms with E-state index in [0.29, 0.717) is 0 Å². The van der Waals surface area contributed by atoms with Gasteiger partial charge in [0.15, 0.2) is 0 Å². The molecular weight excluding hydrogens is 659 g/mol. The molecule has 0 aliphatic rings. The van der Waals surface area contributed by atoms with Crippen molar-refractivity contribution in [3.05, 3.63) is 176 Å². The molecule has 5 heterocycles. The summed E-state index contributed by atoms with van der Waals surface area (Å²) in [5.74, 6) is 0. The quantitative estimate of drug-likeness (QED) is 0.136. The first-order valence-corrected chi connectivity index (χ1v) is 18.1. The zero-order chi connectivity index (χ0) is 35.6. The van der Waals surface area contributed by atoms with Crippen LogP contribution in [-0.2, 0) is 0 Å². The molecule has 5 nitrogen and oxygen atoms in total. The van der Waals surface area contributed by atoms with Crippen molar-refractivity contribution < 1.29 is 0 Å². The molecule has 0 saturated heterocycles. The van der Waals surface area contributed by atoms with Crippen LogP contribution in [0.3, 0.4) is 0 Å². The van der Waals surface area contributed by atoms with E-state index in [9.17, 15) is 0 Å². The predicted molar refractivity (Wildman–Crippen MR) is 222 cm³/mol. The lowest BCUT2D eigenvalue weighted by Crippen LogP contribution is -1.94. The van der Waals surface area contributed by atoms with Crippen molar-refractivity contribution in [1.29, 1.82) is 0 Å². The number of fused-ring (bicyclic) bond motifs is 9. The van der Waals surface area contributed by atoms with Gasteiger partial charge in [-0.3, -0.25) is 0 Å². The molecule has 0 radical (unpaired) electrons. The average Bonchev–Trinajstić information content (AvgIpc) is 3.25. The first kappa shape index (κ1) is 30.3. The smallest absolute Gasteiger partial charge is 0.0972 e. The number of para-hydroxylation sites is 1. The Morgan fingerprint density at radius 1 is 0.259 bits per heavy atom. The predicted octanol–water partition coefficient (Wildman–Crippen LogP) is 12.2. The van der Waals surface area contributed by atoms with Gasteiger partial charge in [0.25, 0.3) is 0 Å². The highest BCUT2D eigenvalue weighted by Crippen LogP contribution is 2.37. The SMILES string of the molecule is c1ccc(-c2ccc3ccc4ccc(-c5ccc(-c6nc7ccccc7c7nc8c(ccc9ccc(-c%10ccccc%10)nc98)cc67)cc5)nc4c3n2)cc1. The van der Waals surface area contributed by atoms with E-state index in [4.69, 9.17) is 24.9 Å². The Bertz CT molecular complexity index is 3250. The fraction of sp³-hybridized carbons (Fsp3) is 0. The molecule has 54 heavy (non-hydrogen) atoms. The van der Waals surface area contributed by atoms with Crippen LogP contribution < -0.4 is 0 Å². The largest absolute Gasteiger partial charge is 0.247 e. The summed E-state index contributed by atoms with van der Waals surface area (Å²) >= 11 is 0. The molecule has 5 heteroatoms. The Labute approximate surface area is 310 Å². The second kappa shape index (κ2) is 12.1. The Morgan fingerprint density at radius 2 is 0.685 bits per heavy atom. The lowest BCUT2D eigenvalue weighted by Gasteiger charge is -2.13. The monoisotopic (exact) mass is 687 g/mol. The van der Waals surface area contributed by atoms with E-state index in [1.165, 1.54) is 0 Å². The Kier molecular flexibility index (Phi) is 6.79. The number of rotatable bonds is 4. The van der Waals surface area contributed by atoms with Gasteiger partial charge in [0.1, 0.15) is 0 Å². The van der Waals surface area contributed by atoms with E-state index < -0.39 is 0 Å². The van der Waals surface area contributed by atoms with Crippen molar-refractivity contribution in [3.63, 3.8) is 0 Å². The molecule has 0 bridgehead atoms. The van der Waals surface area contributed by atoms with Crippen LogP contribution in [0.25, 0.3) is 110 Å². The number of nitrogens with zero attached hydrogens (tertiary/aromatic N) is 5. The highest BCUT2D eigenvalue weighted by Gasteiger charge is 2.16. The summed E-state index contributed by atoms with van der Waals surface area (Å²) in [4.78, 5) is 26.0. The van der Waals surface area contributed by atoms with Crippen molar-refractivity contribution in [3.8, 4) is 45.0 Å². The highest BCUT2D eigenvalue weighted by molar-refractivity contribution is 6.15.